The molecular formula is C24H31N3O2. The number of aromatic nitrogens is 2. The SMILES string of the molecule is COc1cccc(CN2CCC(CCOCCn3cnc4ccccc43)CC2)c1. The molecule has 0 saturated carbocycles. The minimum absolute atomic E-state index is 0.745. The van der Waals surface area contributed by atoms with Crippen LogP contribution in [0.3, 0.4) is 0 Å². The number of methoxy groups -OCH3 is 1. The summed E-state index contributed by atoms with van der Waals surface area (Å²) in [4.78, 5) is 6.99. The van der Waals surface area contributed by atoms with Crippen LogP contribution in [-0.2, 0) is 17.8 Å². The van der Waals surface area contributed by atoms with Crippen molar-refractivity contribution < 1.29 is 9.47 Å². The number of hydrogen-bond donors (Lipinski definition) is 0. The predicted octanol–water partition coefficient (Wildman–Crippen LogP) is 4.36. The molecule has 1 aliphatic rings. The third-order valence-corrected chi connectivity index (χ3v) is 5.92. The summed E-state index contributed by atoms with van der Waals surface area (Å²) >= 11 is 0. The molecule has 0 N–H and O–H groups in total. The highest BCUT2D eigenvalue weighted by Gasteiger charge is 2.19. The van der Waals surface area contributed by atoms with Gasteiger partial charge in [-0.3, -0.25) is 4.90 Å². The largest absolute Gasteiger partial charge is 0.497 e. The molecule has 0 bridgehead atoms. The van der Waals surface area contributed by atoms with Crippen molar-refractivity contribution in [2.24, 2.45) is 5.92 Å². The molecule has 0 amide bonds. The monoisotopic (exact) mass is 393 g/mol. The molecule has 154 valence electrons. The third kappa shape index (κ3) is 5.37. The van der Waals surface area contributed by atoms with Crippen LogP contribution in [-0.4, -0.2) is 47.9 Å². The molecule has 0 atom stereocenters. The van der Waals surface area contributed by atoms with Crippen molar-refractivity contribution in [2.75, 3.05) is 33.4 Å². The highest BCUT2D eigenvalue weighted by Crippen LogP contribution is 2.23. The molecule has 5 nitrogen and oxygen atoms in total. The topological polar surface area (TPSA) is 39.5 Å². The average Bonchev–Trinajstić information content (AvgIpc) is 3.18. The van der Waals surface area contributed by atoms with E-state index in [1.165, 1.54) is 37.0 Å². The Balaban J connectivity index is 1.12. The predicted molar refractivity (Wildman–Crippen MR) is 116 cm³/mol. The van der Waals surface area contributed by atoms with Crippen molar-refractivity contribution in [1.82, 2.24) is 14.5 Å². The number of para-hydroxylation sites is 2. The van der Waals surface area contributed by atoms with Gasteiger partial charge in [0.05, 0.1) is 31.1 Å². The van der Waals surface area contributed by atoms with Gasteiger partial charge in [0.2, 0.25) is 0 Å². The number of fused-ring (bicyclic) bond motifs is 1. The second-order valence-electron chi connectivity index (χ2n) is 7.90. The summed E-state index contributed by atoms with van der Waals surface area (Å²) in [5.41, 5.74) is 3.56. The first-order valence-electron chi connectivity index (χ1n) is 10.6. The van der Waals surface area contributed by atoms with Gasteiger partial charge in [0.15, 0.2) is 0 Å². The zero-order chi connectivity index (χ0) is 19.9. The Morgan fingerprint density at radius 1 is 1.03 bits per heavy atom. The van der Waals surface area contributed by atoms with Gasteiger partial charge in [0.1, 0.15) is 5.75 Å². The molecule has 29 heavy (non-hydrogen) atoms. The van der Waals surface area contributed by atoms with Crippen molar-refractivity contribution >= 4 is 11.0 Å². The maximum atomic E-state index is 5.93. The first kappa shape index (κ1) is 19.9. The second-order valence-corrected chi connectivity index (χ2v) is 7.90. The van der Waals surface area contributed by atoms with E-state index in [2.05, 4.69) is 44.8 Å². The first-order chi connectivity index (χ1) is 14.3. The van der Waals surface area contributed by atoms with Gasteiger partial charge in [-0.15, -0.1) is 0 Å². The molecule has 2 aromatic carbocycles. The van der Waals surface area contributed by atoms with Gasteiger partial charge in [-0.05, 0) is 68.1 Å². The summed E-state index contributed by atoms with van der Waals surface area (Å²) in [6.07, 6.45) is 5.60. The fourth-order valence-electron chi connectivity index (χ4n) is 4.17. The Labute approximate surface area is 173 Å². The maximum absolute atomic E-state index is 5.93. The molecule has 4 rings (SSSR count). The Hall–Kier alpha value is -2.37. The van der Waals surface area contributed by atoms with E-state index in [9.17, 15) is 0 Å². The van der Waals surface area contributed by atoms with Crippen LogP contribution in [0.15, 0.2) is 54.9 Å². The molecule has 0 radical (unpaired) electrons. The lowest BCUT2D eigenvalue weighted by atomic mass is 9.93. The van der Waals surface area contributed by atoms with E-state index in [0.717, 1.165) is 49.9 Å². The Morgan fingerprint density at radius 2 is 1.90 bits per heavy atom. The molecule has 2 heterocycles. The zero-order valence-corrected chi connectivity index (χ0v) is 17.3. The number of imidazole rings is 1. The fraction of sp³-hybridized carbons (Fsp3) is 0.458. The van der Waals surface area contributed by atoms with Crippen molar-refractivity contribution in [3.63, 3.8) is 0 Å². The quantitative estimate of drug-likeness (QED) is 0.506. The highest BCUT2D eigenvalue weighted by atomic mass is 16.5. The van der Waals surface area contributed by atoms with Crippen LogP contribution in [0.2, 0.25) is 0 Å². The van der Waals surface area contributed by atoms with E-state index in [1.54, 1.807) is 7.11 Å². The minimum Gasteiger partial charge on any atom is -0.497 e. The third-order valence-electron chi connectivity index (χ3n) is 5.92. The number of piperidine rings is 1. The number of benzene rings is 2. The summed E-state index contributed by atoms with van der Waals surface area (Å²) in [6.45, 7) is 5.81. The van der Waals surface area contributed by atoms with Crippen molar-refractivity contribution in [1.29, 1.82) is 0 Å². The van der Waals surface area contributed by atoms with Gasteiger partial charge in [-0.25, -0.2) is 4.98 Å². The van der Waals surface area contributed by atoms with Crippen LogP contribution in [0.5, 0.6) is 5.75 Å². The molecule has 1 fully saturated rings. The molecule has 1 aromatic heterocycles. The smallest absolute Gasteiger partial charge is 0.119 e. The normalized spacial score (nSPS) is 15.8. The first-order valence-corrected chi connectivity index (χ1v) is 10.6. The molecule has 0 aliphatic carbocycles. The van der Waals surface area contributed by atoms with E-state index in [4.69, 9.17) is 9.47 Å². The summed E-state index contributed by atoms with van der Waals surface area (Å²) in [7, 11) is 1.73. The molecule has 1 saturated heterocycles. The van der Waals surface area contributed by atoms with E-state index < -0.39 is 0 Å². The van der Waals surface area contributed by atoms with Crippen molar-refractivity contribution in [3.8, 4) is 5.75 Å². The molecule has 0 spiro atoms. The lowest BCUT2D eigenvalue weighted by molar-refractivity contribution is 0.0953. The highest BCUT2D eigenvalue weighted by molar-refractivity contribution is 5.74. The minimum atomic E-state index is 0.745. The van der Waals surface area contributed by atoms with Gasteiger partial charge >= 0.3 is 0 Å². The lowest BCUT2D eigenvalue weighted by Crippen LogP contribution is -2.33. The van der Waals surface area contributed by atoms with Gasteiger partial charge in [0, 0.05) is 19.7 Å². The summed E-state index contributed by atoms with van der Waals surface area (Å²) in [5.74, 6) is 1.73. The van der Waals surface area contributed by atoms with Crippen LogP contribution >= 0.6 is 0 Å². The molecule has 1 aliphatic heterocycles. The molecule has 5 heteroatoms. The average molecular weight is 394 g/mol. The summed E-state index contributed by atoms with van der Waals surface area (Å²) < 4.78 is 13.4. The number of hydrogen-bond acceptors (Lipinski definition) is 4. The molecule has 0 unspecified atom stereocenters. The number of ether oxygens (including phenoxy) is 2. The molecule has 3 aromatic rings. The van der Waals surface area contributed by atoms with Crippen molar-refractivity contribution in [3.05, 3.63) is 60.4 Å². The van der Waals surface area contributed by atoms with Gasteiger partial charge in [0.25, 0.3) is 0 Å². The van der Waals surface area contributed by atoms with Crippen LogP contribution in [0, 0.1) is 5.92 Å². The van der Waals surface area contributed by atoms with Crippen molar-refractivity contribution in [2.45, 2.75) is 32.4 Å². The standard InChI is InChI=1S/C24H31N3O2/c1-28-22-6-4-5-21(17-22)18-26-12-9-20(10-13-26)11-15-29-16-14-27-19-25-23-7-2-3-8-24(23)27/h2-8,17,19-20H,9-16,18H2,1H3. The number of likely N-dealkylation sites (tertiary alicyclic amines) is 1. The van der Waals surface area contributed by atoms with E-state index in [-0.39, 0.29) is 0 Å². The van der Waals surface area contributed by atoms with Gasteiger partial charge in [-0.1, -0.05) is 24.3 Å². The fourth-order valence-corrected chi connectivity index (χ4v) is 4.17. The Kier molecular flexibility index (Phi) is 6.80. The molecular weight excluding hydrogens is 362 g/mol. The summed E-state index contributed by atoms with van der Waals surface area (Å²) in [5, 5.41) is 0. The van der Waals surface area contributed by atoms with Gasteiger partial charge < -0.3 is 14.0 Å². The van der Waals surface area contributed by atoms with E-state index in [0.29, 0.717) is 0 Å². The zero-order valence-electron chi connectivity index (χ0n) is 17.3. The van der Waals surface area contributed by atoms with Gasteiger partial charge in [-0.2, -0.15) is 0 Å². The number of rotatable bonds is 9. The Morgan fingerprint density at radius 3 is 2.76 bits per heavy atom. The van der Waals surface area contributed by atoms with Crippen LogP contribution in [0.25, 0.3) is 11.0 Å². The van der Waals surface area contributed by atoms with Crippen LogP contribution in [0.4, 0.5) is 0 Å². The summed E-state index contributed by atoms with van der Waals surface area (Å²) in [6, 6.07) is 16.7. The van der Waals surface area contributed by atoms with E-state index in [1.807, 2.05) is 24.5 Å². The number of nitrogens with zero attached hydrogens (tertiary/aromatic N) is 3. The van der Waals surface area contributed by atoms with Crippen LogP contribution in [0.1, 0.15) is 24.8 Å². The maximum Gasteiger partial charge on any atom is 0.119 e. The second kappa shape index (κ2) is 9.90. The van der Waals surface area contributed by atoms with E-state index >= 15 is 0 Å². The lowest BCUT2D eigenvalue weighted by Gasteiger charge is -2.32. The Bertz CT molecular complexity index is 900. The van der Waals surface area contributed by atoms with Crippen LogP contribution < -0.4 is 4.74 Å².